The van der Waals surface area contributed by atoms with Crippen LogP contribution in [0.25, 0.3) is 0 Å². The molecule has 0 fully saturated rings. The first-order chi connectivity index (χ1) is 10.8. The van der Waals surface area contributed by atoms with Crippen LogP contribution in [0.3, 0.4) is 0 Å². The molecule has 0 bridgehead atoms. The number of nitrogens with one attached hydrogen (secondary N) is 1. The normalized spacial score (nSPS) is 11.0. The lowest BCUT2D eigenvalue weighted by Crippen LogP contribution is -2.31. The maximum atomic E-state index is 13.0. The number of benzene rings is 1. The van der Waals surface area contributed by atoms with Crippen molar-refractivity contribution in [1.82, 2.24) is 4.72 Å². The summed E-state index contributed by atoms with van der Waals surface area (Å²) in [7, 11) is -3.15. The van der Waals surface area contributed by atoms with Crippen LogP contribution >= 0.6 is 0 Å². The fourth-order valence-corrected chi connectivity index (χ4v) is 2.68. The molecule has 1 aromatic carbocycles. The smallest absolute Gasteiger partial charge is 0.341 e. The number of furan rings is 1. The number of sulfonamides is 1. The molecule has 0 aliphatic rings. The van der Waals surface area contributed by atoms with Gasteiger partial charge in [0.05, 0.1) is 19.1 Å². The van der Waals surface area contributed by atoms with Gasteiger partial charge in [-0.05, 0) is 17.7 Å². The van der Waals surface area contributed by atoms with Gasteiger partial charge in [0.15, 0.2) is 0 Å². The molecule has 1 N–H and O–H groups in total. The highest BCUT2D eigenvalue weighted by molar-refractivity contribution is 7.89. The third kappa shape index (κ3) is 4.16. The number of carbonyl (C=O) groups excluding carboxylic acids is 2. The van der Waals surface area contributed by atoms with Gasteiger partial charge in [-0.25, -0.2) is 13.9 Å². The van der Waals surface area contributed by atoms with E-state index in [1.807, 2.05) is 0 Å². The number of hydrogen-bond acceptors (Lipinski definition) is 6. The van der Waals surface area contributed by atoms with Crippen LogP contribution in [0.4, 0.5) is 4.39 Å². The van der Waals surface area contributed by atoms with Gasteiger partial charge < -0.3 is 9.15 Å². The summed E-state index contributed by atoms with van der Waals surface area (Å²) in [5, 5.41) is -0.606. The van der Waals surface area contributed by atoms with Crippen molar-refractivity contribution in [3.63, 3.8) is 0 Å². The zero-order valence-corrected chi connectivity index (χ0v) is 12.7. The van der Waals surface area contributed by atoms with Crippen LogP contribution in [0.5, 0.6) is 0 Å². The molecule has 122 valence electrons. The van der Waals surface area contributed by atoms with E-state index in [9.17, 15) is 22.4 Å². The first-order valence-corrected chi connectivity index (χ1v) is 7.77. The van der Waals surface area contributed by atoms with Crippen molar-refractivity contribution in [1.29, 1.82) is 0 Å². The highest BCUT2D eigenvalue weighted by Gasteiger charge is 2.23. The monoisotopic (exact) mass is 341 g/mol. The summed E-state index contributed by atoms with van der Waals surface area (Å²) in [6.45, 7) is 0. The zero-order valence-electron chi connectivity index (χ0n) is 11.9. The predicted octanol–water partition coefficient (Wildman–Crippen LogP) is 1.25. The minimum atomic E-state index is -4.28. The highest BCUT2D eigenvalue weighted by atomic mass is 32.2. The Labute approximate surface area is 131 Å². The molecule has 0 aliphatic heterocycles. The lowest BCUT2D eigenvalue weighted by atomic mass is 10.1. The second-order valence-corrected chi connectivity index (χ2v) is 6.09. The Hall–Kier alpha value is -2.68. The molecule has 2 rings (SSSR count). The Morgan fingerprint density at radius 2 is 2.04 bits per heavy atom. The van der Waals surface area contributed by atoms with Crippen molar-refractivity contribution in [2.45, 2.75) is 11.5 Å². The largest absolute Gasteiger partial charge is 0.465 e. The molecular weight excluding hydrogens is 329 g/mol. The van der Waals surface area contributed by atoms with Crippen LogP contribution in [0.15, 0.2) is 46.1 Å². The summed E-state index contributed by atoms with van der Waals surface area (Å²) >= 11 is 0. The molecule has 1 heterocycles. The Balaban J connectivity index is 2.10. The second-order valence-electron chi connectivity index (χ2n) is 4.48. The maximum Gasteiger partial charge on any atom is 0.341 e. The third-order valence-corrected chi connectivity index (χ3v) is 4.00. The molecule has 2 aromatic rings. The van der Waals surface area contributed by atoms with Crippen LogP contribution in [-0.4, -0.2) is 27.4 Å². The Morgan fingerprint density at radius 3 is 2.70 bits per heavy atom. The van der Waals surface area contributed by atoms with Gasteiger partial charge in [-0.2, -0.15) is 8.42 Å². The molecule has 7 nitrogen and oxygen atoms in total. The van der Waals surface area contributed by atoms with Crippen molar-refractivity contribution >= 4 is 21.9 Å². The SMILES string of the molecule is COC(=O)c1coc(S(=O)(=O)NC(=O)Cc2cccc(F)c2)c1. The summed E-state index contributed by atoms with van der Waals surface area (Å²) in [6, 6.07) is 6.15. The van der Waals surface area contributed by atoms with Gasteiger partial charge in [-0.1, -0.05) is 12.1 Å². The summed E-state index contributed by atoms with van der Waals surface area (Å²) in [6.07, 6.45) is 0.568. The van der Waals surface area contributed by atoms with Crippen molar-refractivity contribution < 1.29 is 31.6 Å². The lowest BCUT2D eigenvalue weighted by Gasteiger charge is -2.04. The summed E-state index contributed by atoms with van der Waals surface area (Å²) in [5.74, 6) is -2.18. The lowest BCUT2D eigenvalue weighted by molar-refractivity contribution is -0.118. The van der Waals surface area contributed by atoms with E-state index in [2.05, 4.69) is 4.74 Å². The van der Waals surface area contributed by atoms with Gasteiger partial charge >= 0.3 is 5.97 Å². The van der Waals surface area contributed by atoms with Gasteiger partial charge in [-0.3, -0.25) is 4.79 Å². The van der Waals surface area contributed by atoms with Gasteiger partial charge in [-0.15, -0.1) is 0 Å². The van der Waals surface area contributed by atoms with Crippen molar-refractivity contribution in [2.75, 3.05) is 7.11 Å². The van der Waals surface area contributed by atoms with E-state index in [1.165, 1.54) is 18.2 Å². The minimum absolute atomic E-state index is 0.106. The molecule has 0 radical (unpaired) electrons. The Morgan fingerprint density at radius 1 is 1.30 bits per heavy atom. The number of esters is 1. The average Bonchev–Trinajstić information content (AvgIpc) is 2.96. The number of amides is 1. The van der Waals surface area contributed by atoms with Crippen LogP contribution in [0.2, 0.25) is 0 Å². The van der Waals surface area contributed by atoms with Crippen molar-refractivity contribution in [3.8, 4) is 0 Å². The van der Waals surface area contributed by atoms with Crippen molar-refractivity contribution in [3.05, 3.63) is 53.5 Å². The van der Waals surface area contributed by atoms with Crippen LogP contribution < -0.4 is 4.72 Å². The molecule has 0 spiro atoms. The van der Waals surface area contributed by atoms with E-state index in [1.54, 1.807) is 4.72 Å². The molecule has 0 atom stereocenters. The van der Waals surface area contributed by atoms with Crippen molar-refractivity contribution in [2.24, 2.45) is 0 Å². The van der Waals surface area contributed by atoms with Gasteiger partial charge in [0.2, 0.25) is 11.0 Å². The summed E-state index contributed by atoms with van der Waals surface area (Å²) in [5.41, 5.74) is 0.206. The zero-order chi connectivity index (χ0) is 17.0. The molecule has 0 aliphatic carbocycles. The topological polar surface area (TPSA) is 103 Å². The average molecular weight is 341 g/mol. The van der Waals surface area contributed by atoms with Gasteiger partial charge in [0.25, 0.3) is 10.0 Å². The van der Waals surface area contributed by atoms with E-state index in [0.29, 0.717) is 5.56 Å². The maximum absolute atomic E-state index is 13.0. The highest BCUT2D eigenvalue weighted by Crippen LogP contribution is 2.15. The molecule has 1 aromatic heterocycles. The van der Waals surface area contributed by atoms with E-state index < -0.39 is 32.8 Å². The fraction of sp³-hybridized carbons (Fsp3) is 0.143. The number of rotatable bonds is 5. The molecule has 1 amide bonds. The van der Waals surface area contributed by atoms with E-state index in [4.69, 9.17) is 4.42 Å². The van der Waals surface area contributed by atoms with Crippen LogP contribution in [0, 0.1) is 5.82 Å². The standard InChI is InChI=1S/C14H12FNO6S/c1-21-14(18)10-7-13(22-8-10)23(19,20)16-12(17)6-9-3-2-4-11(15)5-9/h2-5,7-8H,6H2,1H3,(H,16,17). The minimum Gasteiger partial charge on any atom is -0.465 e. The molecule has 23 heavy (non-hydrogen) atoms. The molecule has 9 heteroatoms. The second kappa shape index (κ2) is 6.61. The summed E-state index contributed by atoms with van der Waals surface area (Å²) in [4.78, 5) is 23.0. The molecule has 0 saturated heterocycles. The number of hydrogen-bond donors (Lipinski definition) is 1. The fourth-order valence-electron chi connectivity index (χ4n) is 1.75. The number of methoxy groups -OCH3 is 1. The van der Waals surface area contributed by atoms with Crippen LogP contribution in [-0.2, 0) is 26.0 Å². The number of ether oxygens (including phenoxy) is 1. The third-order valence-electron chi connectivity index (χ3n) is 2.76. The van der Waals surface area contributed by atoms with Crippen LogP contribution in [0.1, 0.15) is 15.9 Å². The summed E-state index contributed by atoms with van der Waals surface area (Å²) < 4.78 is 47.9. The first-order valence-electron chi connectivity index (χ1n) is 6.29. The Kier molecular flexibility index (Phi) is 4.80. The Bertz CT molecular complexity index is 842. The molecular formula is C14H12FNO6S. The number of carbonyl (C=O) groups is 2. The van der Waals surface area contributed by atoms with E-state index in [-0.39, 0.29) is 12.0 Å². The molecule has 0 saturated carbocycles. The van der Waals surface area contributed by atoms with E-state index >= 15 is 0 Å². The number of halogens is 1. The van der Waals surface area contributed by atoms with Gasteiger partial charge in [0, 0.05) is 6.07 Å². The van der Waals surface area contributed by atoms with Gasteiger partial charge in [0.1, 0.15) is 12.1 Å². The molecule has 0 unspecified atom stereocenters. The van der Waals surface area contributed by atoms with E-state index in [0.717, 1.165) is 25.5 Å². The first kappa shape index (κ1) is 16.7. The predicted molar refractivity (Wildman–Crippen MR) is 75.5 cm³/mol. The quantitative estimate of drug-likeness (QED) is 0.821.